The zero-order valence-corrected chi connectivity index (χ0v) is 14.9. The highest BCUT2D eigenvalue weighted by Crippen LogP contribution is 2.44. The maximum absolute atomic E-state index is 12.2. The minimum Gasteiger partial charge on any atom is -0.477 e. The first-order valence-electron chi connectivity index (χ1n) is 8.05. The minimum absolute atomic E-state index is 0.0377. The average molecular weight is 363 g/mol. The van der Waals surface area contributed by atoms with Gasteiger partial charge in [-0.1, -0.05) is 49.4 Å². The van der Waals surface area contributed by atoms with Gasteiger partial charge in [0.25, 0.3) is 5.91 Å². The highest BCUT2D eigenvalue weighted by Gasteiger charge is 2.32. The summed E-state index contributed by atoms with van der Waals surface area (Å²) in [6, 6.07) is 15.4. The number of para-hydroxylation sites is 1. The molecule has 1 unspecified atom stereocenters. The fraction of sp³-hybridized carbons (Fsp3) is 0.278. The predicted octanol–water partition coefficient (Wildman–Crippen LogP) is 2.95. The maximum atomic E-state index is 12.2. The number of amides is 1. The molecule has 0 saturated heterocycles. The molecule has 0 bridgehead atoms. The molecule has 2 aromatic carbocycles. The van der Waals surface area contributed by atoms with Crippen LogP contribution in [0.25, 0.3) is 0 Å². The minimum atomic E-state index is -4.53. The lowest BCUT2D eigenvalue weighted by Crippen LogP contribution is -2.26. The summed E-state index contributed by atoms with van der Waals surface area (Å²) in [4.78, 5) is 31.5. The third kappa shape index (κ3) is 5.71. The van der Waals surface area contributed by atoms with E-state index in [0.717, 1.165) is 12.0 Å². The highest BCUT2D eigenvalue weighted by molar-refractivity contribution is 7.52. The normalized spacial score (nSPS) is 12.4. The van der Waals surface area contributed by atoms with Crippen molar-refractivity contribution in [3.8, 4) is 5.75 Å². The second-order valence-electron chi connectivity index (χ2n) is 5.60. The van der Waals surface area contributed by atoms with Crippen LogP contribution in [0.2, 0.25) is 0 Å². The number of benzene rings is 2. The van der Waals surface area contributed by atoms with Crippen molar-refractivity contribution in [2.75, 3.05) is 6.54 Å². The second-order valence-corrected chi connectivity index (χ2v) is 7.36. The summed E-state index contributed by atoms with van der Waals surface area (Å²) >= 11 is 0. The molecule has 3 N–H and O–H groups in total. The molecule has 25 heavy (non-hydrogen) atoms. The van der Waals surface area contributed by atoms with Gasteiger partial charge in [0.15, 0.2) is 0 Å². The molecule has 2 rings (SSSR count). The van der Waals surface area contributed by atoms with Crippen molar-refractivity contribution >= 4 is 13.5 Å². The fourth-order valence-electron chi connectivity index (χ4n) is 2.28. The quantitative estimate of drug-likeness (QED) is 0.627. The average Bonchev–Trinajstić information content (AvgIpc) is 2.59. The van der Waals surface area contributed by atoms with Gasteiger partial charge in [-0.15, -0.1) is 0 Å². The van der Waals surface area contributed by atoms with E-state index < -0.39 is 13.4 Å². The summed E-state index contributed by atoms with van der Waals surface area (Å²) in [5.74, 6) is -1.54. The molecule has 0 saturated carbocycles. The zero-order valence-electron chi connectivity index (χ0n) is 14.0. The summed E-state index contributed by atoms with van der Waals surface area (Å²) in [6.45, 7) is 2.45. The van der Waals surface area contributed by atoms with Crippen molar-refractivity contribution < 1.29 is 23.9 Å². The molecule has 134 valence electrons. The topological polar surface area (TPSA) is 95.9 Å². The first-order valence-corrected chi connectivity index (χ1v) is 9.73. The fourth-order valence-corrected chi connectivity index (χ4v) is 2.98. The standard InChI is InChI=1S/C18H22NO5P/c1-2-12-19-18(20)15-10-6-7-11-16(15)24-17(25(21,22)23)13-14-8-4-3-5-9-14/h3-11,17H,2,12-13H2,1H3,(H,19,20)(H2,21,22,23). The Labute approximate surface area is 147 Å². The third-order valence-electron chi connectivity index (χ3n) is 3.56. The van der Waals surface area contributed by atoms with Gasteiger partial charge in [0, 0.05) is 13.0 Å². The molecule has 0 aliphatic rings. The van der Waals surface area contributed by atoms with Crippen molar-refractivity contribution in [2.24, 2.45) is 0 Å². The number of carbonyl (C=O) groups excluding carboxylic acids is 1. The number of hydrogen-bond donors (Lipinski definition) is 3. The number of rotatable bonds is 8. The summed E-state index contributed by atoms with van der Waals surface area (Å²) in [5.41, 5.74) is 0.992. The molecule has 0 aliphatic heterocycles. The molecule has 2 aromatic rings. The zero-order chi connectivity index (χ0) is 18.3. The molecule has 0 aromatic heterocycles. The van der Waals surface area contributed by atoms with Crippen LogP contribution in [0.5, 0.6) is 5.75 Å². The van der Waals surface area contributed by atoms with Crippen molar-refractivity contribution in [1.82, 2.24) is 5.32 Å². The van der Waals surface area contributed by atoms with E-state index in [-0.39, 0.29) is 23.6 Å². The van der Waals surface area contributed by atoms with Gasteiger partial charge in [0.05, 0.1) is 5.56 Å². The van der Waals surface area contributed by atoms with Gasteiger partial charge in [-0.2, -0.15) is 0 Å². The van der Waals surface area contributed by atoms with Gasteiger partial charge >= 0.3 is 7.60 Å². The van der Waals surface area contributed by atoms with Gasteiger partial charge in [-0.05, 0) is 24.1 Å². The first-order chi connectivity index (χ1) is 11.9. The third-order valence-corrected chi connectivity index (χ3v) is 4.60. The van der Waals surface area contributed by atoms with E-state index in [4.69, 9.17) is 4.74 Å². The Hall–Kier alpha value is -2.14. The van der Waals surface area contributed by atoms with Crippen LogP contribution in [-0.2, 0) is 11.0 Å². The summed E-state index contributed by atoms with van der Waals surface area (Å²) in [7, 11) is -4.53. The highest BCUT2D eigenvalue weighted by atomic mass is 31.2. The summed E-state index contributed by atoms with van der Waals surface area (Å²) < 4.78 is 17.5. The summed E-state index contributed by atoms with van der Waals surface area (Å²) in [6.07, 6.45) is 0.823. The number of ether oxygens (including phenoxy) is 1. The van der Waals surface area contributed by atoms with Crippen LogP contribution in [0.4, 0.5) is 0 Å². The molecule has 6 nitrogen and oxygen atoms in total. The monoisotopic (exact) mass is 363 g/mol. The van der Waals surface area contributed by atoms with Crippen molar-refractivity contribution in [1.29, 1.82) is 0 Å². The van der Waals surface area contributed by atoms with Crippen LogP contribution in [-0.4, -0.2) is 28.1 Å². The lowest BCUT2D eigenvalue weighted by atomic mass is 10.1. The van der Waals surface area contributed by atoms with E-state index in [2.05, 4.69) is 5.32 Å². The van der Waals surface area contributed by atoms with E-state index in [1.54, 1.807) is 42.5 Å². The lowest BCUT2D eigenvalue weighted by molar-refractivity contribution is 0.0947. The molecule has 0 fully saturated rings. The lowest BCUT2D eigenvalue weighted by Gasteiger charge is -2.21. The number of nitrogens with one attached hydrogen (secondary N) is 1. The molecular formula is C18H22NO5P. The Bertz CT molecular complexity index is 744. The van der Waals surface area contributed by atoms with E-state index >= 15 is 0 Å². The molecule has 1 atom stereocenters. The summed E-state index contributed by atoms with van der Waals surface area (Å²) in [5, 5.41) is 2.74. The maximum Gasteiger partial charge on any atom is 0.366 e. The van der Waals surface area contributed by atoms with Gasteiger partial charge in [0.1, 0.15) is 5.75 Å². The van der Waals surface area contributed by atoms with Gasteiger partial charge < -0.3 is 19.8 Å². The Morgan fingerprint density at radius 1 is 1.12 bits per heavy atom. The molecule has 0 spiro atoms. The second kappa shape index (κ2) is 8.81. The van der Waals surface area contributed by atoms with Crippen molar-refractivity contribution in [2.45, 2.75) is 25.6 Å². The first kappa shape index (κ1) is 19.2. The van der Waals surface area contributed by atoms with E-state index in [9.17, 15) is 19.1 Å². The van der Waals surface area contributed by atoms with E-state index in [0.29, 0.717) is 6.54 Å². The van der Waals surface area contributed by atoms with Crippen molar-refractivity contribution in [3.63, 3.8) is 0 Å². The van der Waals surface area contributed by atoms with Crippen molar-refractivity contribution in [3.05, 3.63) is 65.7 Å². The van der Waals surface area contributed by atoms with Gasteiger partial charge in [-0.25, -0.2) is 0 Å². The molecule has 1 amide bonds. The molecular weight excluding hydrogens is 341 g/mol. The number of carbonyl (C=O) groups is 1. The van der Waals surface area contributed by atoms with Crippen LogP contribution in [0.15, 0.2) is 54.6 Å². The molecule has 0 radical (unpaired) electrons. The van der Waals surface area contributed by atoms with Crippen LogP contribution >= 0.6 is 7.60 Å². The van der Waals surface area contributed by atoms with Gasteiger partial charge in [-0.3, -0.25) is 9.36 Å². The molecule has 0 aliphatic carbocycles. The van der Waals surface area contributed by atoms with Crippen LogP contribution < -0.4 is 10.1 Å². The van der Waals surface area contributed by atoms with E-state index in [1.165, 1.54) is 6.07 Å². The Balaban J connectivity index is 2.24. The Morgan fingerprint density at radius 3 is 2.40 bits per heavy atom. The van der Waals surface area contributed by atoms with Crippen LogP contribution in [0.1, 0.15) is 29.3 Å². The smallest absolute Gasteiger partial charge is 0.366 e. The Kier molecular flexibility index (Phi) is 6.76. The SMILES string of the molecule is CCCNC(=O)c1ccccc1OC(Cc1ccccc1)P(=O)(O)O. The molecule has 0 heterocycles. The largest absolute Gasteiger partial charge is 0.477 e. The Morgan fingerprint density at radius 2 is 1.76 bits per heavy atom. The number of hydrogen-bond acceptors (Lipinski definition) is 3. The predicted molar refractivity (Wildman–Crippen MR) is 95.7 cm³/mol. The van der Waals surface area contributed by atoms with Crippen LogP contribution in [0, 0.1) is 0 Å². The van der Waals surface area contributed by atoms with Gasteiger partial charge in [0.2, 0.25) is 5.85 Å². The van der Waals surface area contributed by atoms with E-state index in [1.807, 2.05) is 13.0 Å². The molecule has 7 heteroatoms. The van der Waals surface area contributed by atoms with Crippen LogP contribution in [0.3, 0.4) is 0 Å².